The summed E-state index contributed by atoms with van der Waals surface area (Å²) in [6.07, 6.45) is 2.96. The lowest BCUT2D eigenvalue weighted by Crippen LogP contribution is -2.39. The number of aryl methyl sites for hydroxylation is 1. The highest BCUT2D eigenvalue weighted by atomic mass is 16.2. The number of rotatable bonds is 5. The van der Waals surface area contributed by atoms with Crippen molar-refractivity contribution in [1.82, 2.24) is 19.0 Å². The van der Waals surface area contributed by atoms with Crippen molar-refractivity contribution >= 4 is 5.82 Å². The van der Waals surface area contributed by atoms with Gasteiger partial charge in [0.1, 0.15) is 5.82 Å². The first-order chi connectivity index (χ1) is 11.9. The normalized spacial score (nSPS) is 17.8. The quantitative estimate of drug-likeness (QED) is 0.866. The Bertz CT molecular complexity index is 853. The molecule has 25 heavy (non-hydrogen) atoms. The van der Waals surface area contributed by atoms with E-state index in [0.717, 1.165) is 47.7 Å². The van der Waals surface area contributed by atoms with E-state index in [0.29, 0.717) is 12.5 Å². The van der Waals surface area contributed by atoms with E-state index >= 15 is 0 Å². The monoisotopic (exact) mass is 343 g/mol. The number of likely N-dealkylation sites (tertiary alicyclic amines) is 1. The molecular weight excluding hydrogens is 318 g/mol. The molecule has 3 heterocycles. The SMILES string of the molecule is Cc1ccc(NCC2CCN(Cc3cc(=O)n(C)c(=O)n3C)C2)nc1. The second-order valence-electron chi connectivity index (χ2n) is 6.87. The van der Waals surface area contributed by atoms with Crippen LogP contribution in [0.25, 0.3) is 0 Å². The van der Waals surface area contributed by atoms with Crippen molar-refractivity contribution in [3.63, 3.8) is 0 Å². The van der Waals surface area contributed by atoms with Crippen LogP contribution in [0.15, 0.2) is 34.0 Å². The van der Waals surface area contributed by atoms with Crippen LogP contribution in [0.1, 0.15) is 17.7 Å². The minimum atomic E-state index is -0.273. The number of pyridine rings is 1. The molecule has 3 rings (SSSR count). The van der Waals surface area contributed by atoms with Gasteiger partial charge in [0.05, 0.1) is 0 Å². The van der Waals surface area contributed by atoms with E-state index in [1.165, 1.54) is 7.05 Å². The number of aromatic nitrogens is 3. The summed E-state index contributed by atoms with van der Waals surface area (Å²) in [5.74, 6) is 1.43. The predicted molar refractivity (Wildman–Crippen MR) is 97.8 cm³/mol. The second kappa shape index (κ2) is 7.23. The molecule has 0 aliphatic carbocycles. The van der Waals surface area contributed by atoms with Gasteiger partial charge in [-0.3, -0.25) is 18.8 Å². The molecule has 1 unspecified atom stereocenters. The smallest absolute Gasteiger partial charge is 0.330 e. The van der Waals surface area contributed by atoms with E-state index in [1.807, 2.05) is 25.3 Å². The number of hydrogen-bond acceptors (Lipinski definition) is 5. The van der Waals surface area contributed by atoms with Crippen LogP contribution in [0.4, 0.5) is 5.82 Å². The van der Waals surface area contributed by atoms with Gasteiger partial charge in [-0.25, -0.2) is 9.78 Å². The Kier molecular flexibility index (Phi) is 5.03. The second-order valence-corrected chi connectivity index (χ2v) is 6.87. The Labute approximate surface area is 146 Å². The van der Waals surface area contributed by atoms with E-state index in [4.69, 9.17) is 0 Å². The molecular formula is C18H25N5O2. The lowest BCUT2D eigenvalue weighted by Gasteiger charge is -2.18. The van der Waals surface area contributed by atoms with Gasteiger partial charge in [-0.05, 0) is 37.4 Å². The minimum absolute atomic E-state index is 0.249. The molecule has 1 atom stereocenters. The number of anilines is 1. The van der Waals surface area contributed by atoms with Crippen molar-refractivity contribution in [3.8, 4) is 0 Å². The zero-order valence-electron chi connectivity index (χ0n) is 15.0. The van der Waals surface area contributed by atoms with Crippen molar-refractivity contribution in [2.24, 2.45) is 20.0 Å². The molecule has 134 valence electrons. The number of nitrogens with zero attached hydrogens (tertiary/aromatic N) is 4. The molecule has 1 N–H and O–H groups in total. The van der Waals surface area contributed by atoms with Gasteiger partial charge in [0.25, 0.3) is 5.56 Å². The molecule has 1 aliphatic rings. The van der Waals surface area contributed by atoms with Crippen LogP contribution in [0.2, 0.25) is 0 Å². The molecule has 7 heteroatoms. The molecule has 7 nitrogen and oxygen atoms in total. The maximum absolute atomic E-state index is 12.0. The summed E-state index contributed by atoms with van der Waals surface area (Å²) in [6, 6.07) is 5.60. The van der Waals surface area contributed by atoms with E-state index in [2.05, 4.69) is 15.2 Å². The van der Waals surface area contributed by atoms with Gasteiger partial charge in [0, 0.05) is 51.7 Å². The lowest BCUT2D eigenvalue weighted by molar-refractivity contribution is 0.308. The van der Waals surface area contributed by atoms with Crippen molar-refractivity contribution in [2.75, 3.05) is 25.0 Å². The summed E-state index contributed by atoms with van der Waals surface area (Å²) in [6.45, 7) is 5.44. The Morgan fingerprint density at radius 1 is 1.24 bits per heavy atom. The van der Waals surface area contributed by atoms with Crippen molar-refractivity contribution < 1.29 is 0 Å². The van der Waals surface area contributed by atoms with E-state index in [9.17, 15) is 9.59 Å². The Morgan fingerprint density at radius 3 is 2.76 bits per heavy atom. The average Bonchev–Trinajstić information content (AvgIpc) is 3.05. The third kappa shape index (κ3) is 3.99. The molecule has 0 aromatic carbocycles. The van der Waals surface area contributed by atoms with Gasteiger partial charge < -0.3 is 5.32 Å². The first-order valence-electron chi connectivity index (χ1n) is 8.59. The molecule has 0 spiro atoms. The van der Waals surface area contributed by atoms with Gasteiger partial charge in [0.15, 0.2) is 0 Å². The molecule has 1 aliphatic heterocycles. The van der Waals surface area contributed by atoms with E-state index in [-0.39, 0.29) is 11.2 Å². The average molecular weight is 343 g/mol. The zero-order valence-corrected chi connectivity index (χ0v) is 15.0. The summed E-state index contributed by atoms with van der Waals surface area (Å²) in [7, 11) is 3.22. The summed E-state index contributed by atoms with van der Waals surface area (Å²) in [5, 5.41) is 3.39. The van der Waals surface area contributed by atoms with Crippen molar-refractivity contribution in [3.05, 3.63) is 56.5 Å². The van der Waals surface area contributed by atoms with E-state index < -0.39 is 0 Å². The van der Waals surface area contributed by atoms with Crippen LogP contribution in [0, 0.1) is 12.8 Å². The maximum atomic E-state index is 12.0. The van der Waals surface area contributed by atoms with Crippen LogP contribution in [0.5, 0.6) is 0 Å². The Balaban J connectivity index is 1.57. The highest BCUT2D eigenvalue weighted by Gasteiger charge is 2.23. The largest absolute Gasteiger partial charge is 0.370 e. The fraction of sp³-hybridized carbons (Fsp3) is 0.500. The molecule has 0 saturated carbocycles. The molecule has 2 aromatic heterocycles. The predicted octanol–water partition coefficient (Wildman–Crippen LogP) is 0.721. The Hall–Kier alpha value is -2.41. The summed E-state index contributed by atoms with van der Waals surface area (Å²) in [4.78, 5) is 30.5. The fourth-order valence-electron chi connectivity index (χ4n) is 3.20. The molecule has 0 radical (unpaired) electrons. The van der Waals surface area contributed by atoms with E-state index in [1.54, 1.807) is 17.7 Å². The maximum Gasteiger partial charge on any atom is 0.330 e. The highest BCUT2D eigenvalue weighted by molar-refractivity contribution is 5.35. The molecule has 0 amide bonds. The summed E-state index contributed by atoms with van der Waals surface area (Å²) in [5.41, 5.74) is 1.39. The summed E-state index contributed by atoms with van der Waals surface area (Å²) < 4.78 is 2.69. The highest BCUT2D eigenvalue weighted by Crippen LogP contribution is 2.18. The van der Waals surface area contributed by atoms with Gasteiger partial charge in [-0.15, -0.1) is 0 Å². The van der Waals surface area contributed by atoms with Crippen LogP contribution in [-0.4, -0.2) is 38.7 Å². The topological polar surface area (TPSA) is 72.2 Å². The standard InChI is InChI=1S/C18H25N5O2/c1-13-4-5-16(19-9-13)20-10-14-6-7-23(11-14)12-15-8-17(24)22(3)18(25)21(15)2/h4-5,8-9,14H,6-7,10-12H2,1-3H3,(H,19,20). The first-order valence-corrected chi connectivity index (χ1v) is 8.59. The molecule has 1 fully saturated rings. The summed E-state index contributed by atoms with van der Waals surface area (Å²) >= 11 is 0. The van der Waals surface area contributed by atoms with Crippen molar-refractivity contribution in [1.29, 1.82) is 0 Å². The van der Waals surface area contributed by atoms with Gasteiger partial charge >= 0.3 is 5.69 Å². The van der Waals surface area contributed by atoms with Crippen molar-refractivity contribution in [2.45, 2.75) is 19.9 Å². The molecule has 2 aromatic rings. The number of hydrogen-bond donors (Lipinski definition) is 1. The zero-order chi connectivity index (χ0) is 18.0. The number of nitrogens with one attached hydrogen (secondary N) is 1. The molecule has 1 saturated heterocycles. The Morgan fingerprint density at radius 2 is 2.04 bits per heavy atom. The van der Waals surface area contributed by atoms with Gasteiger partial charge in [-0.2, -0.15) is 0 Å². The fourth-order valence-corrected chi connectivity index (χ4v) is 3.20. The van der Waals surface area contributed by atoms with Crippen LogP contribution in [0.3, 0.4) is 0 Å². The van der Waals surface area contributed by atoms with Crippen LogP contribution < -0.4 is 16.6 Å². The van der Waals surface area contributed by atoms with Gasteiger partial charge in [-0.1, -0.05) is 6.07 Å². The molecule has 0 bridgehead atoms. The van der Waals surface area contributed by atoms with Crippen LogP contribution in [-0.2, 0) is 20.6 Å². The van der Waals surface area contributed by atoms with Crippen LogP contribution >= 0.6 is 0 Å². The van der Waals surface area contributed by atoms with Gasteiger partial charge in [0.2, 0.25) is 0 Å². The lowest BCUT2D eigenvalue weighted by atomic mass is 10.1. The minimum Gasteiger partial charge on any atom is -0.370 e. The third-order valence-electron chi connectivity index (χ3n) is 4.86. The first kappa shape index (κ1) is 17.4. The third-order valence-corrected chi connectivity index (χ3v) is 4.86.